The zero-order valence-corrected chi connectivity index (χ0v) is 12.1. The van der Waals surface area contributed by atoms with E-state index in [2.05, 4.69) is 54.7 Å². The van der Waals surface area contributed by atoms with E-state index in [1.165, 1.54) is 16.7 Å². The highest BCUT2D eigenvalue weighted by Crippen LogP contribution is 2.24. The van der Waals surface area contributed by atoms with E-state index in [-0.39, 0.29) is 6.04 Å². The van der Waals surface area contributed by atoms with Gasteiger partial charge in [0.25, 0.3) is 0 Å². The van der Waals surface area contributed by atoms with Gasteiger partial charge in [-0.05, 0) is 31.0 Å². The number of nitrogens with zero attached hydrogens (tertiary/aromatic N) is 2. The molecule has 1 heterocycles. The first-order valence-corrected chi connectivity index (χ1v) is 7.07. The molecule has 0 fully saturated rings. The molecule has 2 rings (SSSR count). The first-order chi connectivity index (χ1) is 9.30. The van der Waals surface area contributed by atoms with Gasteiger partial charge in [0.2, 0.25) is 0 Å². The summed E-state index contributed by atoms with van der Waals surface area (Å²) in [6.07, 6.45) is 6.29. The standard InChI is InChI=1S/C16H23N3/c1-4-10-19-12-14(11-18-19)16(17-3)15-9-7-6-8-13(15)5-2/h6-9,11-12,16-17H,4-5,10H2,1-3H3. The van der Waals surface area contributed by atoms with Gasteiger partial charge in [0.05, 0.1) is 12.2 Å². The monoisotopic (exact) mass is 257 g/mol. The molecule has 1 N–H and O–H groups in total. The van der Waals surface area contributed by atoms with Crippen molar-refractivity contribution in [2.24, 2.45) is 0 Å². The van der Waals surface area contributed by atoms with E-state index >= 15 is 0 Å². The molecule has 1 unspecified atom stereocenters. The van der Waals surface area contributed by atoms with Crippen molar-refractivity contribution < 1.29 is 0 Å². The van der Waals surface area contributed by atoms with Gasteiger partial charge in [0.1, 0.15) is 0 Å². The summed E-state index contributed by atoms with van der Waals surface area (Å²) in [5, 5.41) is 7.84. The Kier molecular flexibility index (Phi) is 4.74. The zero-order valence-electron chi connectivity index (χ0n) is 12.1. The lowest BCUT2D eigenvalue weighted by Crippen LogP contribution is -2.18. The molecule has 0 aliphatic heterocycles. The van der Waals surface area contributed by atoms with Crippen molar-refractivity contribution in [1.29, 1.82) is 0 Å². The van der Waals surface area contributed by atoms with Gasteiger partial charge in [0, 0.05) is 18.3 Å². The van der Waals surface area contributed by atoms with Crippen molar-refractivity contribution in [3.63, 3.8) is 0 Å². The third-order valence-electron chi connectivity index (χ3n) is 3.47. The minimum atomic E-state index is 0.224. The molecule has 3 heteroatoms. The van der Waals surface area contributed by atoms with Gasteiger partial charge >= 0.3 is 0 Å². The maximum absolute atomic E-state index is 4.43. The second kappa shape index (κ2) is 6.53. The fourth-order valence-electron chi connectivity index (χ4n) is 2.52. The molecule has 0 aliphatic rings. The van der Waals surface area contributed by atoms with Crippen LogP contribution in [0.25, 0.3) is 0 Å². The molecule has 1 aromatic heterocycles. The van der Waals surface area contributed by atoms with Crippen LogP contribution in [0.2, 0.25) is 0 Å². The topological polar surface area (TPSA) is 29.9 Å². The van der Waals surface area contributed by atoms with Crippen LogP contribution in [0.3, 0.4) is 0 Å². The zero-order chi connectivity index (χ0) is 13.7. The Morgan fingerprint density at radius 1 is 1.26 bits per heavy atom. The molecule has 2 aromatic rings. The normalized spacial score (nSPS) is 12.6. The first-order valence-electron chi connectivity index (χ1n) is 7.07. The predicted molar refractivity (Wildman–Crippen MR) is 79.2 cm³/mol. The Hall–Kier alpha value is -1.61. The van der Waals surface area contributed by atoms with Crippen molar-refractivity contribution >= 4 is 0 Å². The highest BCUT2D eigenvalue weighted by molar-refractivity contribution is 5.36. The summed E-state index contributed by atoms with van der Waals surface area (Å²) in [7, 11) is 2.01. The summed E-state index contributed by atoms with van der Waals surface area (Å²) < 4.78 is 2.02. The van der Waals surface area contributed by atoms with Gasteiger partial charge in [0.15, 0.2) is 0 Å². The number of aryl methyl sites for hydroxylation is 2. The summed E-state index contributed by atoms with van der Waals surface area (Å²) in [5.41, 5.74) is 3.98. The minimum Gasteiger partial charge on any atom is -0.309 e. The molecule has 0 radical (unpaired) electrons. The molecule has 1 aromatic carbocycles. The maximum atomic E-state index is 4.43. The molecule has 0 amide bonds. The summed E-state index contributed by atoms with van der Waals surface area (Å²) in [5.74, 6) is 0. The maximum Gasteiger partial charge on any atom is 0.0608 e. The first kappa shape index (κ1) is 13.8. The lowest BCUT2D eigenvalue weighted by molar-refractivity contribution is 0.600. The van der Waals surface area contributed by atoms with Crippen molar-refractivity contribution in [1.82, 2.24) is 15.1 Å². The number of benzene rings is 1. The minimum absolute atomic E-state index is 0.224. The molecule has 1 atom stereocenters. The molecule has 19 heavy (non-hydrogen) atoms. The quantitative estimate of drug-likeness (QED) is 0.861. The van der Waals surface area contributed by atoms with Crippen LogP contribution in [0.4, 0.5) is 0 Å². The van der Waals surface area contributed by atoms with Crippen LogP contribution >= 0.6 is 0 Å². The molecule has 0 spiro atoms. The Balaban J connectivity index is 2.32. The van der Waals surface area contributed by atoms with Crippen molar-refractivity contribution in [3.8, 4) is 0 Å². The molecule has 0 aliphatic carbocycles. The smallest absolute Gasteiger partial charge is 0.0608 e. The van der Waals surface area contributed by atoms with Crippen LogP contribution in [-0.2, 0) is 13.0 Å². The fraction of sp³-hybridized carbons (Fsp3) is 0.438. The van der Waals surface area contributed by atoms with Gasteiger partial charge in [-0.3, -0.25) is 4.68 Å². The van der Waals surface area contributed by atoms with Crippen molar-refractivity contribution in [2.45, 2.75) is 39.3 Å². The van der Waals surface area contributed by atoms with Crippen molar-refractivity contribution in [2.75, 3.05) is 7.05 Å². The molecular formula is C16H23N3. The van der Waals surface area contributed by atoms with E-state index in [1.807, 2.05) is 17.9 Å². The van der Waals surface area contributed by atoms with E-state index in [1.54, 1.807) is 0 Å². The number of nitrogens with one attached hydrogen (secondary N) is 1. The van der Waals surface area contributed by atoms with Gasteiger partial charge in [-0.2, -0.15) is 5.10 Å². The van der Waals surface area contributed by atoms with Gasteiger partial charge in [-0.25, -0.2) is 0 Å². The van der Waals surface area contributed by atoms with Gasteiger partial charge in [-0.1, -0.05) is 38.1 Å². The average molecular weight is 257 g/mol. The van der Waals surface area contributed by atoms with Crippen molar-refractivity contribution in [3.05, 3.63) is 53.3 Å². The second-order valence-electron chi connectivity index (χ2n) is 4.81. The molecule has 0 bridgehead atoms. The Bertz CT molecular complexity index is 516. The summed E-state index contributed by atoms with van der Waals surface area (Å²) in [6.45, 7) is 5.35. The van der Waals surface area contributed by atoms with E-state index in [9.17, 15) is 0 Å². The van der Waals surface area contributed by atoms with Crippen LogP contribution in [0.15, 0.2) is 36.7 Å². The third kappa shape index (κ3) is 3.04. The molecule has 0 saturated heterocycles. The summed E-state index contributed by atoms with van der Waals surface area (Å²) >= 11 is 0. The average Bonchev–Trinajstić information content (AvgIpc) is 2.89. The molecular weight excluding hydrogens is 234 g/mol. The van der Waals surface area contributed by atoms with E-state index < -0.39 is 0 Å². The fourth-order valence-corrected chi connectivity index (χ4v) is 2.52. The van der Waals surface area contributed by atoms with E-state index in [4.69, 9.17) is 0 Å². The highest BCUT2D eigenvalue weighted by Gasteiger charge is 2.16. The number of rotatable bonds is 6. The molecule has 102 valence electrons. The second-order valence-corrected chi connectivity index (χ2v) is 4.81. The summed E-state index contributed by atoms with van der Waals surface area (Å²) in [4.78, 5) is 0. The Morgan fingerprint density at radius 2 is 2.05 bits per heavy atom. The molecule has 3 nitrogen and oxygen atoms in total. The Labute approximate surface area is 115 Å². The van der Waals surface area contributed by atoms with Crippen LogP contribution < -0.4 is 5.32 Å². The van der Waals surface area contributed by atoms with E-state index in [0.717, 1.165) is 19.4 Å². The van der Waals surface area contributed by atoms with Gasteiger partial charge < -0.3 is 5.32 Å². The molecule has 0 saturated carbocycles. The van der Waals surface area contributed by atoms with Crippen LogP contribution in [-0.4, -0.2) is 16.8 Å². The number of hydrogen-bond donors (Lipinski definition) is 1. The Morgan fingerprint density at radius 3 is 2.74 bits per heavy atom. The lowest BCUT2D eigenvalue weighted by atomic mass is 9.95. The third-order valence-corrected chi connectivity index (χ3v) is 3.47. The lowest BCUT2D eigenvalue weighted by Gasteiger charge is -2.18. The predicted octanol–water partition coefficient (Wildman–Crippen LogP) is 3.16. The van der Waals surface area contributed by atoms with Crippen LogP contribution in [0, 0.1) is 0 Å². The SMILES string of the molecule is CCCn1cc(C(NC)c2ccccc2CC)cn1. The van der Waals surface area contributed by atoms with E-state index in [0.29, 0.717) is 0 Å². The largest absolute Gasteiger partial charge is 0.309 e. The van der Waals surface area contributed by atoms with Crippen LogP contribution in [0.1, 0.15) is 43.0 Å². The summed E-state index contributed by atoms with van der Waals surface area (Å²) in [6, 6.07) is 8.85. The highest BCUT2D eigenvalue weighted by atomic mass is 15.3. The van der Waals surface area contributed by atoms with Crippen LogP contribution in [0.5, 0.6) is 0 Å². The number of aromatic nitrogens is 2. The van der Waals surface area contributed by atoms with Gasteiger partial charge in [-0.15, -0.1) is 0 Å². The number of hydrogen-bond acceptors (Lipinski definition) is 2.